The van der Waals surface area contributed by atoms with Crippen LogP contribution in [0.5, 0.6) is 0 Å². The van der Waals surface area contributed by atoms with E-state index in [2.05, 4.69) is 32.7 Å². The molecule has 4 rings (SSSR count). The molecule has 2 aromatic heterocycles. The number of oxazole rings is 1. The van der Waals surface area contributed by atoms with E-state index in [-0.39, 0.29) is 35.8 Å². The number of nitrogens with one attached hydrogen (secondary N) is 2. The van der Waals surface area contributed by atoms with Crippen LogP contribution in [-0.4, -0.2) is 48.4 Å². The van der Waals surface area contributed by atoms with Crippen LogP contribution in [0.2, 0.25) is 0 Å². The number of aromatic nitrogens is 1. The molecule has 2 N–H and O–H groups in total. The van der Waals surface area contributed by atoms with Crippen molar-refractivity contribution < 1.29 is 9.21 Å². The van der Waals surface area contributed by atoms with E-state index >= 15 is 0 Å². The van der Waals surface area contributed by atoms with E-state index in [1.807, 2.05) is 40.6 Å². The molecule has 9 heteroatoms. The number of amides is 1. The van der Waals surface area contributed by atoms with Gasteiger partial charge < -0.3 is 20.0 Å². The summed E-state index contributed by atoms with van der Waals surface area (Å²) in [6, 6.07) is 14.3. The van der Waals surface area contributed by atoms with E-state index in [1.54, 1.807) is 24.6 Å². The lowest BCUT2D eigenvalue weighted by molar-refractivity contribution is -0.127. The predicted octanol–water partition coefficient (Wildman–Crippen LogP) is 3.78. The highest BCUT2D eigenvalue weighted by Crippen LogP contribution is 2.23. The third-order valence-electron chi connectivity index (χ3n) is 5.31. The average molecular weight is 565 g/mol. The summed E-state index contributed by atoms with van der Waals surface area (Å²) in [5, 5.41) is 8.59. The van der Waals surface area contributed by atoms with Gasteiger partial charge in [-0.15, -0.1) is 35.3 Å². The number of hydrogen-bond donors (Lipinski definition) is 2. The second-order valence-corrected chi connectivity index (χ2v) is 8.52. The summed E-state index contributed by atoms with van der Waals surface area (Å²) in [6.07, 6.45) is 3.13. The number of guanidine groups is 1. The molecule has 0 saturated carbocycles. The quantitative estimate of drug-likeness (QED) is 0.247. The Hall–Kier alpha value is -2.40. The van der Waals surface area contributed by atoms with Gasteiger partial charge in [-0.1, -0.05) is 36.4 Å². The zero-order valence-corrected chi connectivity index (χ0v) is 21.1. The second-order valence-electron chi connectivity index (χ2n) is 7.57. The number of hydrogen-bond acceptors (Lipinski definition) is 5. The Morgan fingerprint density at radius 2 is 2.09 bits per heavy atom. The first-order valence-corrected chi connectivity index (χ1v) is 11.3. The van der Waals surface area contributed by atoms with Crippen LogP contribution >= 0.6 is 35.3 Å². The molecule has 32 heavy (non-hydrogen) atoms. The maximum absolute atomic E-state index is 12.4. The molecule has 1 saturated heterocycles. The first-order chi connectivity index (χ1) is 15.2. The molecule has 1 aliphatic rings. The molecule has 1 amide bonds. The Balaban J connectivity index is 0.00000289. The van der Waals surface area contributed by atoms with Gasteiger partial charge in [0.1, 0.15) is 6.26 Å². The van der Waals surface area contributed by atoms with Gasteiger partial charge >= 0.3 is 0 Å². The molecule has 7 nitrogen and oxygen atoms in total. The lowest BCUT2D eigenvalue weighted by Crippen LogP contribution is -2.40. The molecular weight excluding hydrogens is 537 g/mol. The first-order valence-electron chi connectivity index (χ1n) is 10.5. The van der Waals surface area contributed by atoms with E-state index in [9.17, 15) is 4.79 Å². The summed E-state index contributed by atoms with van der Waals surface area (Å²) >= 11 is 1.60. The molecular formula is C23H28IN5O2S. The number of carbonyl (C=O) groups excluding carboxylic acids is 1. The van der Waals surface area contributed by atoms with Gasteiger partial charge in [-0.05, 0) is 23.4 Å². The average Bonchev–Trinajstić information content (AvgIpc) is 3.54. The third kappa shape index (κ3) is 6.55. The SMILES string of the molecule is CN=C(NCc1coc(-c2cccs2)n1)NCC1CC(=O)N(CCc2ccccc2)C1.I. The van der Waals surface area contributed by atoms with Crippen molar-refractivity contribution in [2.45, 2.75) is 19.4 Å². The number of carbonyl (C=O) groups is 1. The van der Waals surface area contributed by atoms with Crippen LogP contribution in [0, 0.1) is 5.92 Å². The minimum atomic E-state index is 0. The van der Waals surface area contributed by atoms with Crippen molar-refractivity contribution in [2.75, 3.05) is 26.7 Å². The monoisotopic (exact) mass is 565 g/mol. The molecule has 0 radical (unpaired) electrons. The minimum Gasteiger partial charge on any atom is -0.443 e. The molecule has 0 bridgehead atoms. The highest BCUT2D eigenvalue weighted by Gasteiger charge is 2.29. The van der Waals surface area contributed by atoms with Crippen molar-refractivity contribution in [1.82, 2.24) is 20.5 Å². The number of halogens is 1. The lowest BCUT2D eigenvalue weighted by atomic mass is 10.1. The molecule has 3 aromatic rings. The number of rotatable bonds is 8. The number of benzene rings is 1. The van der Waals surface area contributed by atoms with Gasteiger partial charge in [-0.3, -0.25) is 9.79 Å². The molecule has 0 spiro atoms. The van der Waals surface area contributed by atoms with Crippen molar-refractivity contribution in [2.24, 2.45) is 10.9 Å². The number of likely N-dealkylation sites (tertiary alicyclic amines) is 1. The van der Waals surface area contributed by atoms with E-state index in [0.717, 1.165) is 30.1 Å². The van der Waals surface area contributed by atoms with Crippen molar-refractivity contribution in [3.8, 4) is 10.8 Å². The summed E-state index contributed by atoms with van der Waals surface area (Å²) in [5.74, 6) is 1.83. The zero-order valence-electron chi connectivity index (χ0n) is 18.0. The summed E-state index contributed by atoms with van der Waals surface area (Å²) in [7, 11) is 1.74. The second kappa shape index (κ2) is 12.0. The predicted molar refractivity (Wildman–Crippen MR) is 138 cm³/mol. The largest absolute Gasteiger partial charge is 0.443 e. The van der Waals surface area contributed by atoms with E-state index in [1.165, 1.54) is 5.56 Å². The molecule has 1 aromatic carbocycles. The summed E-state index contributed by atoms with van der Waals surface area (Å²) < 4.78 is 5.55. The Morgan fingerprint density at radius 3 is 2.84 bits per heavy atom. The van der Waals surface area contributed by atoms with Crippen LogP contribution in [-0.2, 0) is 17.8 Å². The van der Waals surface area contributed by atoms with Crippen LogP contribution < -0.4 is 10.6 Å². The smallest absolute Gasteiger partial charge is 0.236 e. The minimum absolute atomic E-state index is 0. The standard InChI is InChI=1S/C23H27N5O2S.HI/c1-24-23(26-14-19-16-30-22(27-19)20-8-5-11-31-20)25-13-18-12-21(29)28(15-18)10-9-17-6-3-2-4-7-17;/h2-8,11,16,18H,9-10,12-15H2,1H3,(H2,24,25,26);1H. The number of nitrogens with zero attached hydrogens (tertiary/aromatic N) is 3. The Labute approximate surface area is 209 Å². The molecule has 1 unspecified atom stereocenters. The van der Waals surface area contributed by atoms with Crippen molar-refractivity contribution in [3.05, 3.63) is 65.4 Å². The lowest BCUT2D eigenvalue weighted by Gasteiger charge is -2.17. The first kappa shape index (κ1) is 24.2. The van der Waals surface area contributed by atoms with Crippen molar-refractivity contribution in [1.29, 1.82) is 0 Å². The van der Waals surface area contributed by atoms with Crippen LogP contribution in [0.15, 0.2) is 63.5 Å². The highest BCUT2D eigenvalue weighted by molar-refractivity contribution is 14.0. The maximum atomic E-state index is 12.4. The third-order valence-corrected chi connectivity index (χ3v) is 6.17. The highest BCUT2D eigenvalue weighted by atomic mass is 127. The van der Waals surface area contributed by atoms with Crippen LogP contribution in [0.25, 0.3) is 10.8 Å². The Morgan fingerprint density at radius 1 is 1.25 bits per heavy atom. The van der Waals surface area contributed by atoms with Crippen LogP contribution in [0.1, 0.15) is 17.7 Å². The van der Waals surface area contributed by atoms with E-state index in [0.29, 0.717) is 31.4 Å². The van der Waals surface area contributed by atoms with Gasteiger partial charge in [-0.2, -0.15) is 0 Å². The number of thiophene rings is 1. The topological polar surface area (TPSA) is 82.8 Å². The molecule has 3 heterocycles. The maximum Gasteiger partial charge on any atom is 0.236 e. The van der Waals surface area contributed by atoms with E-state index in [4.69, 9.17) is 4.42 Å². The summed E-state index contributed by atoms with van der Waals surface area (Å²) in [6.45, 7) is 2.77. The fourth-order valence-electron chi connectivity index (χ4n) is 3.65. The van der Waals surface area contributed by atoms with Crippen molar-refractivity contribution >= 4 is 47.2 Å². The zero-order chi connectivity index (χ0) is 21.5. The van der Waals surface area contributed by atoms with Gasteiger partial charge in [0.2, 0.25) is 11.8 Å². The Kier molecular flexibility index (Phi) is 9.10. The van der Waals surface area contributed by atoms with Gasteiger partial charge in [-0.25, -0.2) is 4.98 Å². The molecule has 0 aliphatic carbocycles. The molecule has 1 atom stereocenters. The van der Waals surface area contributed by atoms with Gasteiger partial charge in [0.05, 0.1) is 17.1 Å². The summed E-state index contributed by atoms with van der Waals surface area (Å²) in [4.78, 5) is 24.1. The summed E-state index contributed by atoms with van der Waals surface area (Å²) in [5.41, 5.74) is 2.08. The van der Waals surface area contributed by atoms with Gasteiger partial charge in [0.25, 0.3) is 0 Å². The van der Waals surface area contributed by atoms with E-state index < -0.39 is 0 Å². The number of aliphatic imine (C=N–C) groups is 1. The molecule has 170 valence electrons. The molecule has 1 aliphatic heterocycles. The normalized spacial score (nSPS) is 16.2. The van der Waals surface area contributed by atoms with Crippen LogP contribution in [0.4, 0.5) is 0 Å². The fourth-order valence-corrected chi connectivity index (χ4v) is 4.31. The van der Waals surface area contributed by atoms with Gasteiger partial charge in [0.15, 0.2) is 5.96 Å². The fraction of sp³-hybridized carbons (Fsp3) is 0.348. The van der Waals surface area contributed by atoms with Gasteiger partial charge in [0, 0.05) is 39.0 Å². The van der Waals surface area contributed by atoms with Crippen LogP contribution in [0.3, 0.4) is 0 Å². The molecule has 1 fully saturated rings. The van der Waals surface area contributed by atoms with Crippen molar-refractivity contribution in [3.63, 3.8) is 0 Å². The Bertz CT molecular complexity index is 1010.